The highest BCUT2D eigenvalue weighted by Crippen LogP contribution is 2.21. The van der Waals surface area contributed by atoms with Gasteiger partial charge in [0, 0.05) is 36.6 Å². The Kier molecular flexibility index (Phi) is 3.88. The first-order valence-electron chi connectivity index (χ1n) is 6.50. The van der Waals surface area contributed by atoms with Gasteiger partial charge in [-0.05, 0) is 25.0 Å². The van der Waals surface area contributed by atoms with Crippen molar-refractivity contribution in [2.75, 3.05) is 5.32 Å². The summed E-state index contributed by atoms with van der Waals surface area (Å²) in [5.74, 6) is 0.201. The molecule has 0 aliphatic heterocycles. The second-order valence-corrected chi connectivity index (χ2v) is 5.13. The van der Waals surface area contributed by atoms with E-state index in [1.807, 2.05) is 24.0 Å². The zero-order valence-electron chi connectivity index (χ0n) is 11.9. The Morgan fingerprint density at radius 2 is 2.11 bits per heavy atom. The van der Waals surface area contributed by atoms with E-state index in [2.05, 4.69) is 24.3 Å². The van der Waals surface area contributed by atoms with Crippen LogP contribution in [0.5, 0.6) is 0 Å². The lowest BCUT2D eigenvalue weighted by atomic mass is 10.1. The average molecular weight is 261 g/mol. The SMILES string of the molecule is Cc1c(F)cccc1NCc1cn(C)nc1C(C)C. The summed E-state index contributed by atoms with van der Waals surface area (Å²) in [6.45, 7) is 6.69. The summed E-state index contributed by atoms with van der Waals surface area (Å²) in [6, 6.07) is 5.09. The van der Waals surface area contributed by atoms with E-state index < -0.39 is 0 Å². The molecule has 2 rings (SSSR count). The van der Waals surface area contributed by atoms with Gasteiger partial charge in [-0.15, -0.1) is 0 Å². The minimum atomic E-state index is -0.180. The number of halogens is 1. The van der Waals surface area contributed by atoms with Gasteiger partial charge >= 0.3 is 0 Å². The maximum atomic E-state index is 13.5. The Morgan fingerprint density at radius 3 is 2.79 bits per heavy atom. The van der Waals surface area contributed by atoms with E-state index >= 15 is 0 Å². The van der Waals surface area contributed by atoms with Crippen molar-refractivity contribution in [3.8, 4) is 0 Å². The third-order valence-corrected chi connectivity index (χ3v) is 3.22. The molecule has 0 aliphatic rings. The molecule has 0 saturated heterocycles. The van der Waals surface area contributed by atoms with Gasteiger partial charge < -0.3 is 5.32 Å². The maximum absolute atomic E-state index is 13.5. The number of aryl methyl sites for hydroxylation is 1. The van der Waals surface area contributed by atoms with Crippen LogP contribution in [-0.4, -0.2) is 9.78 Å². The van der Waals surface area contributed by atoms with E-state index in [9.17, 15) is 4.39 Å². The Labute approximate surface area is 113 Å². The number of aromatic nitrogens is 2. The molecule has 0 atom stereocenters. The van der Waals surface area contributed by atoms with Crippen LogP contribution in [0.2, 0.25) is 0 Å². The van der Waals surface area contributed by atoms with E-state index in [4.69, 9.17) is 0 Å². The summed E-state index contributed by atoms with van der Waals surface area (Å²) >= 11 is 0. The van der Waals surface area contributed by atoms with Crippen LogP contribution in [0.25, 0.3) is 0 Å². The van der Waals surface area contributed by atoms with Gasteiger partial charge in [0.15, 0.2) is 0 Å². The van der Waals surface area contributed by atoms with Crippen molar-refractivity contribution in [1.29, 1.82) is 0 Å². The molecule has 0 spiro atoms. The summed E-state index contributed by atoms with van der Waals surface area (Å²) in [5, 5.41) is 7.75. The summed E-state index contributed by atoms with van der Waals surface area (Å²) in [7, 11) is 1.92. The van der Waals surface area contributed by atoms with Crippen molar-refractivity contribution >= 4 is 5.69 Å². The van der Waals surface area contributed by atoms with Crippen LogP contribution in [0.3, 0.4) is 0 Å². The molecule has 0 radical (unpaired) electrons. The van der Waals surface area contributed by atoms with Crippen molar-refractivity contribution in [2.24, 2.45) is 7.05 Å². The Hall–Kier alpha value is -1.84. The molecule has 1 heterocycles. The summed E-state index contributed by atoms with van der Waals surface area (Å²) in [4.78, 5) is 0. The molecule has 3 nitrogen and oxygen atoms in total. The zero-order chi connectivity index (χ0) is 14.0. The molecular weight excluding hydrogens is 241 g/mol. The molecule has 0 fully saturated rings. The molecule has 0 saturated carbocycles. The average Bonchev–Trinajstić information content (AvgIpc) is 2.73. The summed E-state index contributed by atoms with van der Waals surface area (Å²) in [5.41, 5.74) is 3.72. The van der Waals surface area contributed by atoms with E-state index in [1.54, 1.807) is 13.0 Å². The Morgan fingerprint density at radius 1 is 1.37 bits per heavy atom. The van der Waals surface area contributed by atoms with E-state index in [0.717, 1.165) is 16.9 Å². The molecule has 0 aliphatic carbocycles. The molecule has 1 aromatic carbocycles. The van der Waals surface area contributed by atoms with Gasteiger partial charge in [0.2, 0.25) is 0 Å². The first kappa shape index (κ1) is 13.6. The second kappa shape index (κ2) is 5.43. The van der Waals surface area contributed by atoms with Crippen LogP contribution in [0.1, 0.15) is 36.6 Å². The third kappa shape index (κ3) is 2.95. The number of anilines is 1. The van der Waals surface area contributed by atoms with Crippen molar-refractivity contribution < 1.29 is 4.39 Å². The quantitative estimate of drug-likeness (QED) is 0.911. The molecule has 1 N–H and O–H groups in total. The van der Waals surface area contributed by atoms with E-state index in [0.29, 0.717) is 18.0 Å². The molecular formula is C15H20FN3. The zero-order valence-corrected chi connectivity index (χ0v) is 11.9. The van der Waals surface area contributed by atoms with Gasteiger partial charge in [0.05, 0.1) is 5.69 Å². The number of benzene rings is 1. The number of hydrogen-bond donors (Lipinski definition) is 1. The minimum absolute atomic E-state index is 0.180. The highest BCUT2D eigenvalue weighted by molar-refractivity contribution is 5.51. The van der Waals surface area contributed by atoms with Crippen LogP contribution in [0, 0.1) is 12.7 Å². The molecule has 0 unspecified atom stereocenters. The summed E-state index contributed by atoms with van der Waals surface area (Å²) < 4.78 is 15.3. The number of hydrogen-bond acceptors (Lipinski definition) is 2. The lowest BCUT2D eigenvalue weighted by Gasteiger charge is -2.11. The fraction of sp³-hybridized carbons (Fsp3) is 0.400. The first-order valence-corrected chi connectivity index (χ1v) is 6.50. The smallest absolute Gasteiger partial charge is 0.128 e. The van der Waals surface area contributed by atoms with E-state index in [1.165, 1.54) is 6.07 Å². The topological polar surface area (TPSA) is 29.9 Å². The van der Waals surface area contributed by atoms with Crippen molar-refractivity contribution in [1.82, 2.24) is 9.78 Å². The molecule has 19 heavy (non-hydrogen) atoms. The predicted octanol–water partition coefficient (Wildman–Crippen LogP) is 3.60. The molecule has 1 aromatic heterocycles. The van der Waals surface area contributed by atoms with Crippen LogP contribution in [0.4, 0.5) is 10.1 Å². The van der Waals surface area contributed by atoms with Crippen molar-refractivity contribution in [2.45, 2.75) is 33.2 Å². The normalized spacial score (nSPS) is 11.1. The predicted molar refractivity (Wildman–Crippen MR) is 75.8 cm³/mol. The fourth-order valence-electron chi connectivity index (χ4n) is 2.17. The minimum Gasteiger partial charge on any atom is -0.381 e. The molecule has 0 bridgehead atoms. The Bertz CT molecular complexity index is 573. The first-order chi connectivity index (χ1) is 8.99. The largest absolute Gasteiger partial charge is 0.381 e. The highest BCUT2D eigenvalue weighted by Gasteiger charge is 2.11. The molecule has 0 amide bonds. The fourth-order valence-corrected chi connectivity index (χ4v) is 2.17. The Balaban J connectivity index is 2.17. The van der Waals surface area contributed by atoms with Crippen molar-refractivity contribution in [3.63, 3.8) is 0 Å². The standard InChI is InChI=1S/C15H20FN3/c1-10(2)15-12(9-19(4)18-15)8-17-14-7-5-6-13(16)11(14)3/h5-7,9-10,17H,8H2,1-4H3. The lowest BCUT2D eigenvalue weighted by molar-refractivity contribution is 0.619. The monoisotopic (exact) mass is 261 g/mol. The summed E-state index contributed by atoms with van der Waals surface area (Å²) in [6.07, 6.45) is 2.01. The molecule has 2 aromatic rings. The van der Waals surface area contributed by atoms with Gasteiger partial charge in [-0.25, -0.2) is 4.39 Å². The van der Waals surface area contributed by atoms with Crippen LogP contribution in [0.15, 0.2) is 24.4 Å². The number of rotatable bonds is 4. The maximum Gasteiger partial charge on any atom is 0.128 e. The van der Waals surface area contributed by atoms with Gasteiger partial charge in [0.1, 0.15) is 5.82 Å². The van der Waals surface area contributed by atoms with Crippen molar-refractivity contribution in [3.05, 3.63) is 47.0 Å². The van der Waals surface area contributed by atoms with Gasteiger partial charge in [-0.1, -0.05) is 19.9 Å². The van der Waals surface area contributed by atoms with Crippen LogP contribution in [-0.2, 0) is 13.6 Å². The molecule has 4 heteroatoms. The van der Waals surface area contributed by atoms with Crippen LogP contribution >= 0.6 is 0 Å². The third-order valence-electron chi connectivity index (χ3n) is 3.22. The van der Waals surface area contributed by atoms with Crippen LogP contribution < -0.4 is 5.32 Å². The van der Waals surface area contributed by atoms with Gasteiger partial charge in [-0.2, -0.15) is 5.10 Å². The van der Waals surface area contributed by atoms with Gasteiger partial charge in [0.25, 0.3) is 0 Å². The number of nitrogens with zero attached hydrogens (tertiary/aromatic N) is 2. The highest BCUT2D eigenvalue weighted by atomic mass is 19.1. The van der Waals surface area contributed by atoms with Gasteiger partial charge in [-0.3, -0.25) is 4.68 Å². The molecule has 102 valence electrons. The number of nitrogens with one attached hydrogen (secondary N) is 1. The second-order valence-electron chi connectivity index (χ2n) is 5.13. The van der Waals surface area contributed by atoms with E-state index in [-0.39, 0.29) is 5.82 Å². The lowest BCUT2D eigenvalue weighted by Crippen LogP contribution is -2.04.